The lowest BCUT2D eigenvalue weighted by Gasteiger charge is -2.05. The standard InChI is InChI=1S/C13H13ClN4O2S/c1-18-12(10-6-2-3-7-11(10)14)16-17-13(18)21(19,20)9-5-4-8-15/h2-3,6-7H,4-5,9H2,1H3. The van der Waals surface area contributed by atoms with Gasteiger partial charge < -0.3 is 4.57 Å². The zero-order valence-corrected chi connectivity index (χ0v) is 12.9. The van der Waals surface area contributed by atoms with Crippen LogP contribution in [0.5, 0.6) is 0 Å². The van der Waals surface area contributed by atoms with Gasteiger partial charge in [0.1, 0.15) is 0 Å². The molecule has 2 aromatic rings. The third-order valence-corrected chi connectivity index (χ3v) is 5.00. The van der Waals surface area contributed by atoms with Gasteiger partial charge in [-0.15, -0.1) is 10.2 Å². The third-order valence-electron chi connectivity index (χ3n) is 2.93. The molecule has 2 rings (SSSR count). The van der Waals surface area contributed by atoms with Crippen molar-refractivity contribution in [1.82, 2.24) is 14.8 Å². The molecule has 0 saturated carbocycles. The minimum atomic E-state index is -3.57. The molecule has 0 bridgehead atoms. The summed E-state index contributed by atoms with van der Waals surface area (Å²) in [4.78, 5) is 0. The lowest BCUT2D eigenvalue weighted by Crippen LogP contribution is -2.13. The van der Waals surface area contributed by atoms with E-state index in [1.54, 1.807) is 31.3 Å². The highest BCUT2D eigenvalue weighted by Crippen LogP contribution is 2.27. The molecule has 0 spiro atoms. The number of unbranched alkanes of at least 4 members (excludes halogenated alkanes) is 1. The molecule has 0 unspecified atom stereocenters. The number of benzene rings is 1. The Morgan fingerprint density at radius 1 is 1.33 bits per heavy atom. The highest BCUT2D eigenvalue weighted by molar-refractivity contribution is 7.91. The van der Waals surface area contributed by atoms with Crippen molar-refractivity contribution in [1.29, 1.82) is 5.26 Å². The van der Waals surface area contributed by atoms with E-state index in [2.05, 4.69) is 10.2 Å². The van der Waals surface area contributed by atoms with Gasteiger partial charge in [-0.1, -0.05) is 23.7 Å². The van der Waals surface area contributed by atoms with E-state index >= 15 is 0 Å². The lowest BCUT2D eigenvalue weighted by molar-refractivity contribution is 0.576. The Morgan fingerprint density at radius 3 is 2.71 bits per heavy atom. The first kappa shape index (κ1) is 15.5. The van der Waals surface area contributed by atoms with Crippen LogP contribution in [0.1, 0.15) is 12.8 Å². The van der Waals surface area contributed by atoms with Gasteiger partial charge in [0, 0.05) is 19.0 Å². The molecular weight excluding hydrogens is 312 g/mol. The molecule has 21 heavy (non-hydrogen) atoms. The second-order valence-electron chi connectivity index (χ2n) is 4.43. The van der Waals surface area contributed by atoms with Gasteiger partial charge in [0.25, 0.3) is 0 Å². The number of hydrogen-bond donors (Lipinski definition) is 0. The summed E-state index contributed by atoms with van der Waals surface area (Å²) < 4.78 is 25.8. The Kier molecular flexibility index (Phi) is 4.60. The zero-order valence-electron chi connectivity index (χ0n) is 11.3. The molecule has 8 heteroatoms. The molecule has 0 radical (unpaired) electrons. The monoisotopic (exact) mass is 324 g/mol. The molecule has 110 valence electrons. The molecule has 1 heterocycles. The highest BCUT2D eigenvalue weighted by Gasteiger charge is 2.23. The smallest absolute Gasteiger partial charge is 0.249 e. The van der Waals surface area contributed by atoms with Gasteiger partial charge in [0.05, 0.1) is 16.8 Å². The maximum Gasteiger partial charge on any atom is 0.249 e. The van der Waals surface area contributed by atoms with Crippen molar-refractivity contribution in [3.05, 3.63) is 29.3 Å². The first-order chi connectivity index (χ1) is 9.97. The Morgan fingerprint density at radius 2 is 2.05 bits per heavy atom. The van der Waals surface area contributed by atoms with Crippen LogP contribution >= 0.6 is 11.6 Å². The maximum atomic E-state index is 12.2. The molecule has 1 aromatic heterocycles. The number of halogens is 1. The van der Waals surface area contributed by atoms with Crippen molar-refractivity contribution in [2.24, 2.45) is 7.05 Å². The summed E-state index contributed by atoms with van der Waals surface area (Å²) in [6.07, 6.45) is 0.460. The molecule has 0 fully saturated rings. The van der Waals surface area contributed by atoms with E-state index in [9.17, 15) is 8.42 Å². The summed E-state index contributed by atoms with van der Waals surface area (Å²) in [6.45, 7) is 0. The summed E-state index contributed by atoms with van der Waals surface area (Å²) in [6, 6.07) is 8.94. The molecule has 1 aromatic carbocycles. The quantitative estimate of drug-likeness (QED) is 0.787. The summed E-state index contributed by atoms with van der Waals surface area (Å²) in [5.41, 5.74) is 0.618. The lowest BCUT2D eigenvalue weighted by atomic mass is 10.2. The van der Waals surface area contributed by atoms with Gasteiger partial charge in [-0.05, 0) is 18.6 Å². The number of sulfone groups is 1. The second-order valence-corrected chi connectivity index (χ2v) is 6.84. The van der Waals surface area contributed by atoms with Crippen molar-refractivity contribution in [3.63, 3.8) is 0 Å². The number of nitriles is 1. The predicted octanol–water partition coefficient (Wildman–Crippen LogP) is 2.21. The van der Waals surface area contributed by atoms with E-state index in [4.69, 9.17) is 16.9 Å². The summed E-state index contributed by atoms with van der Waals surface area (Å²) >= 11 is 6.09. The van der Waals surface area contributed by atoms with E-state index in [0.29, 0.717) is 16.4 Å². The predicted molar refractivity (Wildman–Crippen MR) is 78.3 cm³/mol. The molecule has 0 saturated heterocycles. The first-order valence-corrected chi connectivity index (χ1v) is 8.24. The Bertz CT molecular complexity index is 793. The maximum absolute atomic E-state index is 12.2. The minimum absolute atomic E-state index is 0.115. The molecule has 6 nitrogen and oxygen atoms in total. The van der Waals surface area contributed by atoms with Crippen molar-refractivity contribution in [2.45, 2.75) is 18.0 Å². The van der Waals surface area contributed by atoms with Gasteiger partial charge in [-0.2, -0.15) is 5.26 Å². The fourth-order valence-corrected chi connectivity index (χ4v) is 3.49. The largest absolute Gasteiger partial charge is 0.301 e. The summed E-state index contributed by atoms with van der Waals surface area (Å²) in [5.74, 6) is 0.258. The van der Waals surface area contributed by atoms with Gasteiger partial charge in [-0.3, -0.25) is 0 Å². The van der Waals surface area contributed by atoms with Gasteiger partial charge in [-0.25, -0.2) is 8.42 Å². The number of hydrogen-bond acceptors (Lipinski definition) is 5. The number of rotatable bonds is 5. The van der Waals surface area contributed by atoms with Crippen LogP contribution < -0.4 is 0 Å². The van der Waals surface area contributed by atoms with Crippen LogP contribution in [-0.2, 0) is 16.9 Å². The van der Waals surface area contributed by atoms with Crippen molar-refractivity contribution in [2.75, 3.05) is 5.75 Å². The average Bonchev–Trinajstić information content (AvgIpc) is 2.82. The van der Waals surface area contributed by atoms with Gasteiger partial charge in [0.2, 0.25) is 15.0 Å². The average molecular weight is 325 g/mol. The van der Waals surface area contributed by atoms with Crippen molar-refractivity contribution < 1.29 is 8.42 Å². The molecule has 0 atom stereocenters. The molecule has 0 aliphatic carbocycles. The van der Waals surface area contributed by atoms with E-state index in [-0.39, 0.29) is 23.8 Å². The van der Waals surface area contributed by atoms with Crippen molar-refractivity contribution >= 4 is 21.4 Å². The summed E-state index contributed by atoms with van der Waals surface area (Å²) in [5, 5.41) is 16.5. The first-order valence-electron chi connectivity index (χ1n) is 6.21. The second kappa shape index (κ2) is 6.24. The molecule has 0 N–H and O–H groups in total. The van der Waals surface area contributed by atoms with Crippen LogP contribution in [0.3, 0.4) is 0 Å². The van der Waals surface area contributed by atoms with Crippen LogP contribution in [0.25, 0.3) is 11.4 Å². The molecular formula is C13H13ClN4O2S. The van der Waals surface area contributed by atoms with E-state index < -0.39 is 9.84 Å². The van der Waals surface area contributed by atoms with Crippen LogP contribution in [-0.4, -0.2) is 28.9 Å². The Hall–Kier alpha value is -1.91. The van der Waals surface area contributed by atoms with Crippen LogP contribution in [0, 0.1) is 11.3 Å². The third kappa shape index (κ3) is 3.23. The number of aromatic nitrogens is 3. The van der Waals surface area contributed by atoms with E-state index in [1.807, 2.05) is 6.07 Å². The SMILES string of the molecule is Cn1c(-c2ccccc2Cl)nnc1S(=O)(=O)CCCC#N. The van der Waals surface area contributed by atoms with Crippen LogP contribution in [0.2, 0.25) is 5.02 Å². The normalized spacial score (nSPS) is 11.3. The molecule has 0 amide bonds. The fraction of sp³-hybridized carbons (Fsp3) is 0.308. The molecule has 0 aliphatic heterocycles. The minimum Gasteiger partial charge on any atom is -0.301 e. The summed E-state index contributed by atoms with van der Waals surface area (Å²) in [7, 11) is -1.99. The highest BCUT2D eigenvalue weighted by atomic mass is 35.5. The Balaban J connectivity index is 2.38. The number of nitrogens with zero attached hydrogens (tertiary/aromatic N) is 4. The van der Waals surface area contributed by atoms with E-state index in [1.165, 1.54) is 4.57 Å². The topological polar surface area (TPSA) is 88.6 Å². The van der Waals surface area contributed by atoms with Crippen molar-refractivity contribution in [3.8, 4) is 17.5 Å². The van der Waals surface area contributed by atoms with Crippen LogP contribution in [0.15, 0.2) is 29.4 Å². The van der Waals surface area contributed by atoms with Gasteiger partial charge >= 0.3 is 0 Å². The Labute approximate surface area is 127 Å². The van der Waals surface area contributed by atoms with Crippen LogP contribution in [0.4, 0.5) is 0 Å². The van der Waals surface area contributed by atoms with Gasteiger partial charge in [0.15, 0.2) is 5.82 Å². The zero-order chi connectivity index (χ0) is 15.5. The van der Waals surface area contributed by atoms with E-state index in [0.717, 1.165) is 0 Å². The molecule has 0 aliphatic rings. The fourth-order valence-electron chi connectivity index (χ4n) is 1.90.